The van der Waals surface area contributed by atoms with Crippen LogP contribution in [0.25, 0.3) is 0 Å². The maximum atomic E-state index is 11.6. The molecule has 5 heteroatoms. The summed E-state index contributed by atoms with van der Waals surface area (Å²) in [5.41, 5.74) is 5.35. The maximum Gasteiger partial charge on any atom is 0.320 e. The third-order valence-corrected chi connectivity index (χ3v) is 3.99. The normalized spacial score (nSPS) is 28.5. The van der Waals surface area contributed by atoms with Crippen molar-refractivity contribution in [3.05, 3.63) is 24.3 Å². The van der Waals surface area contributed by atoms with E-state index in [4.69, 9.17) is 19.9 Å². The zero-order valence-corrected chi connectivity index (χ0v) is 14.6. The first-order valence-electron chi connectivity index (χ1n) is 8.51. The van der Waals surface area contributed by atoms with Crippen LogP contribution in [0.1, 0.15) is 39.5 Å². The minimum absolute atomic E-state index is 0.144. The van der Waals surface area contributed by atoms with E-state index in [1.165, 1.54) is 19.3 Å². The van der Waals surface area contributed by atoms with Crippen LogP contribution in [0.5, 0.6) is 0 Å². The number of unbranched alkanes of at least 4 members (excludes halogenated alkanes) is 3. The van der Waals surface area contributed by atoms with E-state index in [-0.39, 0.29) is 24.7 Å². The van der Waals surface area contributed by atoms with Crippen LogP contribution in [0.3, 0.4) is 0 Å². The molecule has 1 rings (SSSR count). The Kier molecular flexibility index (Phi) is 9.83. The lowest BCUT2D eigenvalue weighted by Gasteiger charge is -2.39. The molecule has 0 spiro atoms. The third-order valence-electron chi connectivity index (χ3n) is 3.99. The van der Waals surface area contributed by atoms with Crippen LogP contribution >= 0.6 is 0 Å². The van der Waals surface area contributed by atoms with Crippen molar-refractivity contribution in [2.24, 2.45) is 11.7 Å². The van der Waals surface area contributed by atoms with Crippen LogP contribution in [-0.4, -0.2) is 44.5 Å². The fourth-order valence-corrected chi connectivity index (χ4v) is 2.69. The second kappa shape index (κ2) is 11.4. The van der Waals surface area contributed by atoms with Gasteiger partial charge in [0.15, 0.2) is 6.10 Å². The average Bonchev–Trinajstić information content (AvgIpc) is 2.55. The minimum atomic E-state index is -0.468. The molecule has 0 radical (unpaired) electrons. The summed E-state index contributed by atoms with van der Waals surface area (Å²) in [7, 11) is 1.63. The fourth-order valence-electron chi connectivity index (χ4n) is 2.69. The van der Waals surface area contributed by atoms with E-state index < -0.39 is 12.1 Å². The van der Waals surface area contributed by atoms with E-state index in [2.05, 4.69) is 13.0 Å². The van der Waals surface area contributed by atoms with E-state index in [9.17, 15) is 4.79 Å². The number of hydrogen-bond acceptors (Lipinski definition) is 5. The van der Waals surface area contributed by atoms with E-state index in [1.54, 1.807) is 7.11 Å². The summed E-state index contributed by atoms with van der Waals surface area (Å²) in [5.74, 6) is -0.284. The molecule has 0 aromatic carbocycles. The first-order chi connectivity index (χ1) is 11.1. The quantitative estimate of drug-likeness (QED) is 0.401. The molecule has 2 N–H and O–H groups in total. The number of esters is 1. The Morgan fingerprint density at radius 3 is 2.74 bits per heavy atom. The van der Waals surface area contributed by atoms with Crippen molar-refractivity contribution in [1.82, 2.24) is 0 Å². The highest BCUT2D eigenvalue weighted by Gasteiger charge is 2.40. The average molecular weight is 325 g/mol. The standard InChI is InChI=1S/C18H31NO4/c1-4-5-6-7-8-9-10-11-15-18(23-16(20)12-19)17(21-3)14(2)13-22-15/h8-11,14-15,17-18H,4-7,12-13,19H2,1-3H3/t14-,15-,17-,18-/m0/s1. The summed E-state index contributed by atoms with van der Waals surface area (Å²) in [6, 6.07) is 0. The lowest BCUT2D eigenvalue weighted by atomic mass is 9.93. The van der Waals surface area contributed by atoms with Crippen molar-refractivity contribution in [2.45, 2.75) is 57.8 Å². The van der Waals surface area contributed by atoms with Crippen LogP contribution in [0.2, 0.25) is 0 Å². The summed E-state index contributed by atoms with van der Waals surface area (Å²) < 4.78 is 16.8. The van der Waals surface area contributed by atoms with Gasteiger partial charge in [-0.3, -0.25) is 4.79 Å². The van der Waals surface area contributed by atoms with E-state index in [1.807, 2.05) is 25.2 Å². The van der Waals surface area contributed by atoms with E-state index >= 15 is 0 Å². The Labute approximate surface area is 139 Å². The van der Waals surface area contributed by atoms with Crippen molar-refractivity contribution < 1.29 is 19.0 Å². The predicted molar refractivity (Wildman–Crippen MR) is 91.1 cm³/mol. The highest BCUT2D eigenvalue weighted by Crippen LogP contribution is 2.26. The Hall–Kier alpha value is -1.17. The highest BCUT2D eigenvalue weighted by atomic mass is 16.6. The van der Waals surface area contributed by atoms with E-state index in [0.717, 1.165) is 6.42 Å². The molecule has 0 aromatic heterocycles. The van der Waals surface area contributed by atoms with Gasteiger partial charge in [0.2, 0.25) is 0 Å². The van der Waals surface area contributed by atoms with Gasteiger partial charge in [-0.2, -0.15) is 0 Å². The van der Waals surface area contributed by atoms with Gasteiger partial charge in [0.05, 0.1) is 13.2 Å². The third kappa shape index (κ3) is 6.85. The molecular weight excluding hydrogens is 294 g/mol. The molecule has 23 heavy (non-hydrogen) atoms. The highest BCUT2D eigenvalue weighted by molar-refractivity contribution is 5.71. The summed E-state index contributed by atoms with van der Waals surface area (Å²) >= 11 is 0. The number of methoxy groups -OCH3 is 1. The van der Waals surface area contributed by atoms with Crippen LogP contribution in [0.4, 0.5) is 0 Å². The number of ether oxygens (including phenoxy) is 3. The molecule has 0 aliphatic carbocycles. The van der Waals surface area contributed by atoms with Gasteiger partial charge in [0.1, 0.15) is 12.2 Å². The van der Waals surface area contributed by atoms with Crippen LogP contribution < -0.4 is 5.73 Å². The van der Waals surface area contributed by atoms with Crippen molar-refractivity contribution in [3.8, 4) is 0 Å². The Balaban J connectivity index is 2.63. The smallest absolute Gasteiger partial charge is 0.320 e. The molecule has 0 amide bonds. The molecule has 4 atom stereocenters. The first-order valence-corrected chi connectivity index (χ1v) is 8.51. The summed E-state index contributed by atoms with van der Waals surface area (Å²) in [5, 5.41) is 0. The van der Waals surface area contributed by atoms with Gasteiger partial charge in [0.25, 0.3) is 0 Å². The largest absolute Gasteiger partial charge is 0.455 e. The zero-order chi connectivity index (χ0) is 17.1. The SMILES string of the molecule is CCCCCC=CC=C[C@@H]1OC[C@H](C)[C@H](OC)[C@H]1OC(=O)CN. The number of carbonyl (C=O) groups is 1. The number of hydrogen-bond donors (Lipinski definition) is 1. The van der Waals surface area contributed by atoms with Gasteiger partial charge in [-0.1, -0.05) is 51.0 Å². The Morgan fingerprint density at radius 1 is 1.30 bits per heavy atom. The van der Waals surface area contributed by atoms with Crippen LogP contribution in [0, 0.1) is 5.92 Å². The molecule has 0 saturated carbocycles. The lowest BCUT2D eigenvalue weighted by Crippen LogP contribution is -2.52. The van der Waals surface area contributed by atoms with Gasteiger partial charge in [-0.15, -0.1) is 0 Å². The second-order valence-electron chi connectivity index (χ2n) is 5.94. The monoisotopic (exact) mass is 325 g/mol. The molecule has 0 bridgehead atoms. The van der Waals surface area contributed by atoms with Crippen LogP contribution in [0.15, 0.2) is 24.3 Å². The van der Waals surface area contributed by atoms with Gasteiger partial charge >= 0.3 is 5.97 Å². The van der Waals surface area contributed by atoms with Crippen molar-refractivity contribution >= 4 is 5.97 Å². The molecule has 1 heterocycles. The van der Waals surface area contributed by atoms with Gasteiger partial charge in [0, 0.05) is 13.0 Å². The van der Waals surface area contributed by atoms with Gasteiger partial charge in [-0.25, -0.2) is 0 Å². The van der Waals surface area contributed by atoms with Crippen molar-refractivity contribution in [1.29, 1.82) is 0 Å². The molecule has 1 aliphatic rings. The predicted octanol–water partition coefficient (Wildman–Crippen LogP) is 2.60. The molecule has 0 unspecified atom stereocenters. The van der Waals surface area contributed by atoms with Gasteiger partial charge < -0.3 is 19.9 Å². The van der Waals surface area contributed by atoms with Crippen molar-refractivity contribution in [3.63, 3.8) is 0 Å². The summed E-state index contributed by atoms with van der Waals surface area (Å²) in [6.07, 6.45) is 11.8. The van der Waals surface area contributed by atoms with Gasteiger partial charge in [-0.05, 0) is 12.8 Å². The second-order valence-corrected chi connectivity index (χ2v) is 5.94. The Morgan fingerprint density at radius 2 is 2.09 bits per heavy atom. The number of rotatable bonds is 9. The number of nitrogens with two attached hydrogens (primary N) is 1. The van der Waals surface area contributed by atoms with Crippen LogP contribution in [-0.2, 0) is 19.0 Å². The molecule has 1 aliphatic heterocycles. The zero-order valence-electron chi connectivity index (χ0n) is 14.6. The van der Waals surface area contributed by atoms with E-state index in [0.29, 0.717) is 6.61 Å². The number of allylic oxidation sites excluding steroid dienone is 3. The van der Waals surface area contributed by atoms with Crippen molar-refractivity contribution in [2.75, 3.05) is 20.3 Å². The summed E-state index contributed by atoms with van der Waals surface area (Å²) in [4.78, 5) is 11.6. The number of carbonyl (C=O) groups excluding carboxylic acids is 1. The lowest BCUT2D eigenvalue weighted by molar-refractivity contribution is -0.189. The summed E-state index contributed by atoms with van der Waals surface area (Å²) in [6.45, 7) is 4.64. The fraction of sp³-hybridized carbons (Fsp3) is 0.722. The maximum absolute atomic E-state index is 11.6. The molecular formula is C18H31NO4. The first kappa shape index (κ1) is 19.9. The molecule has 5 nitrogen and oxygen atoms in total. The molecule has 1 fully saturated rings. The Bertz CT molecular complexity index is 394. The molecule has 132 valence electrons. The molecule has 1 saturated heterocycles. The molecule has 0 aromatic rings. The topological polar surface area (TPSA) is 70.8 Å². The minimum Gasteiger partial charge on any atom is -0.455 e.